The quantitative estimate of drug-likeness (QED) is 0.0778. The van der Waals surface area contributed by atoms with Gasteiger partial charge < -0.3 is 9.59 Å². The van der Waals surface area contributed by atoms with Crippen molar-refractivity contribution in [1.82, 2.24) is 0 Å². The molecule has 1 unspecified atom stereocenters. The van der Waals surface area contributed by atoms with Crippen molar-refractivity contribution >= 4 is 11.6 Å². The fourth-order valence-electron chi connectivity index (χ4n) is 3.54. The van der Waals surface area contributed by atoms with Crippen molar-refractivity contribution in [3.8, 4) is 0 Å². The normalized spacial score (nSPS) is 14.2. The van der Waals surface area contributed by atoms with E-state index in [4.69, 9.17) is 11.6 Å². The van der Waals surface area contributed by atoms with E-state index < -0.39 is 0 Å². The second-order valence-corrected chi connectivity index (χ2v) is 8.13. The molecule has 0 amide bonds. The minimum atomic E-state index is 0.243. The van der Waals surface area contributed by atoms with Crippen LogP contribution in [0.15, 0.2) is 12.2 Å². The maximum atomic E-state index is 9.22. The van der Waals surface area contributed by atoms with Crippen LogP contribution in [0.5, 0.6) is 0 Å². The van der Waals surface area contributed by atoms with Gasteiger partial charge in [0, 0.05) is 0 Å². The molecule has 0 saturated carbocycles. The van der Waals surface area contributed by atoms with E-state index in [-0.39, 0.29) is 6.61 Å². The lowest BCUT2D eigenvalue weighted by atomic mass is 10.1. The smallest absolute Gasteiger partial charge is 0.154 e. The maximum Gasteiger partial charge on any atom is 0.154 e. The highest BCUT2D eigenvalue weighted by Gasteiger charge is 2.22. The number of likely N-dealkylation sites (N-methyl/N-ethyl adjacent to an activating group) is 1. The van der Waals surface area contributed by atoms with E-state index in [0.717, 1.165) is 24.1 Å². The summed E-state index contributed by atoms with van der Waals surface area (Å²) in [6, 6.07) is 0.627. The molecule has 0 spiro atoms. The number of alkyl halides is 1. The number of nitrogens with zero attached hydrogens (tertiary/aromatic N) is 1. The summed E-state index contributed by atoms with van der Waals surface area (Å²) in [7, 11) is 0. The van der Waals surface area contributed by atoms with Gasteiger partial charge in [0.1, 0.15) is 6.54 Å². The van der Waals surface area contributed by atoms with E-state index in [1.165, 1.54) is 89.9 Å². The molecule has 0 fully saturated rings. The van der Waals surface area contributed by atoms with Crippen molar-refractivity contribution in [2.45, 2.75) is 104 Å². The Morgan fingerprint density at radius 2 is 1.19 bits per heavy atom. The van der Waals surface area contributed by atoms with Gasteiger partial charge in [-0.3, -0.25) is 0 Å². The van der Waals surface area contributed by atoms with Crippen LogP contribution in [0.3, 0.4) is 0 Å². The van der Waals surface area contributed by atoms with Crippen molar-refractivity contribution in [3.63, 3.8) is 0 Å². The molecule has 0 aliphatic carbocycles. The monoisotopic (exact) mass is 388 g/mol. The van der Waals surface area contributed by atoms with Crippen LogP contribution in [0.2, 0.25) is 0 Å². The Hall–Kier alpha value is -0.0500. The predicted octanol–water partition coefficient (Wildman–Crippen LogP) is 7.05. The summed E-state index contributed by atoms with van der Waals surface area (Å²) >= 11 is 6.13. The number of quaternary nitrogens is 1. The van der Waals surface area contributed by atoms with E-state index in [1.54, 1.807) is 0 Å². The molecule has 0 saturated heterocycles. The molecule has 2 nitrogen and oxygen atoms in total. The largest absolute Gasteiger partial charge is 0.391 e. The molecule has 156 valence electrons. The molecule has 1 atom stereocenters. The molecule has 3 heteroatoms. The van der Waals surface area contributed by atoms with E-state index in [0.29, 0.717) is 6.00 Å². The molecule has 0 aromatic rings. The molecule has 0 aliphatic rings. The zero-order valence-corrected chi connectivity index (χ0v) is 18.6. The van der Waals surface area contributed by atoms with E-state index >= 15 is 0 Å². The first-order valence-corrected chi connectivity index (χ1v) is 11.9. The summed E-state index contributed by atoms with van der Waals surface area (Å²) in [6.45, 7) is 7.63. The molecule has 0 radical (unpaired) electrons. The van der Waals surface area contributed by atoms with Gasteiger partial charge in [0.2, 0.25) is 0 Å². The van der Waals surface area contributed by atoms with Gasteiger partial charge in [-0.25, -0.2) is 0 Å². The number of allylic oxidation sites excluding steroid dienone is 2. The Morgan fingerprint density at radius 3 is 1.65 bits per heavy atom. The Bertz CT molecular complexity index is 303. The summed E-state index contributed by atoms with van der Waals surface area (Å²) < 4.78 is 0.863. The summed E-state index contributed by atoms with van der Waals surface area (Å²) in [6.07, 6.45) is 23.6. The Balaban J connectivity index is 3.39. The van der Waals surface area contributed by atoms with Gasteiger partial charge in [0.25, 0.3) is 0 Å². The summed E-state index contributed by atoms with van der Waals surface area (Å²) in [5, 5.41) is 9.22. The summed E-state index contributed by atoms with van der Waals surface area (Å²) in [4.78, 5) is 0. The second kappa shape index (κ2) is 19.7. The van der Waals surface area contributed by atoms with E-state index in [1.807, 2.05) is 0 Å². The highest BCUT2D eigenvalue weighted by molar-refractivity contribution is 6.16. The number of aliphatic hydroxyl groups is 1. The van der Waals surface area contributed by atoms with Gasteiger partial charge >= 0.3 is 0 Å². The molecular weight excluding hydrogens is 342 g/mol. The topological polar surface area (TPSA) is 20.2 Å². The van der Waals surface area contributed by atoms with Gasteiger partial charge in [0.15, 0.2) is 6.00 Å². The van der Waals surface area contributed by atoms with Crippen molar-refractivity contribution in [2.24, 2.45) is 0 Å². The highest BCUT2D eigenvalue weighted by atomic mass is 35.5. The molecule has 0 aliphatic heterocycles. The van der Waals surface area contributed by atoms with E-state index in [9.17, 15) is 5.11 Å². The maximum absolute atomic E-state index is 9.22. The Labute approximate surface area is 169 Å². The number of rotatable bonds is 20. The van der Waals surface area contributed by atoms with Crippen LogP contribution in [-0.2, 0) is 0 Å². The average molecular weight is 389 g/mol. The first kappa shape index (κ1) is 26.0. The van der Waals surface area contributed by atoms with E-state index in [2.05, 4.69) is 26.0 Å². The second-order valence-electron chi connectivity index (χ2n) is 7.89. The summed E-state index contributed by atoms with van der Waals surface area (Å²) in [5.74, 6) is 0. The number of halogens is 1. The Kier molecular flexibility index (Phi) is 19.7. The van der Waals surface area contributed by atoms with Gasteiger partial charge in [-0.1, -0.05) is 82.0 Å². The molecule has 0 bridgehead atoms. The van der Waals surface area contributed by atoms with Crippen LogP contribution in [0.4, 0.5) is 0 Å². The minimum Gasteiger partial charge on any atom is -0.391 e. The van der Waals surface area contributed by atoms with Gasteiger partial charge in [-0.2, -0.15) is 0 Å². The standard InChI is InChI=1S/C23H47ClNO/c1-3-5-6-7-8-9-10-11-12-13-14-15-16-17-18-19-20-25(4-2,23-24)21-22-26/h11-12,26H,3-10,13-23H2,1-2H3/q+1/b12-11-. The van der Waals surface area contributed by atoms with Crippen LogP contribution in [0.1, 0.15) is 104 Å². The lowest BCUT2D eigenvalue weighted by molar-refractivity contribution is -0.916. The van der Waals surface area contributed by atoms with Gasteiger partial charge in [-0.15, -0.1) is 0 Å². The number of hydrogen-bond donors (Lipinski definition) is 1. The molecule has 26 heavy (non-hydrogen) atoms. The zero-order valence-electron chi connectivity index (χ0n) is 17.9. The fraction of sp³-hybridized carbons (Fsp3) is 0.913. The molecule has 1 N–H and O–H groups in total. The summed E-state index contributed by atoms with van der Waals surface area (Å²) in [5.41, 5.74) is 0. The first-order valence-electron chi connectivity index (χ1n) is 11.4. The Morgan fingerprint density at radius 1 is 0.692 bits per heavy atom. The zero-order chi connectivity index (χ0) is 19.3. The molecular formula is C23H47ClNO+. The van der Waals surface area contributed by atoms with Crippen LogP contribution >= 0.6 is 11.6 Å². The predicted molar refractivity (Wildman–Crippen MR) is 118 cm³/mol. The van der Waals surface area contributed by atoms with Crippen molar-refractivity contribution in [2.75, 3.05) is 32.2 Å². The number of aliphatic hydroxyl groups excluding tert-OH is 1. The highest BCUT2D eigenvalue weighted by Crippen LogP contribution is 2.14. The van der Waals surface area contributed by atoms with Gasteiger partial charge in [-0.05, 0) is 45.4 Å². The van der Waals surface area contributed by atoms with Crippen molar-refractivity contribution in [3.05, 3.63) is 12.2 Å². The fourth-order valence-corrected chi connectivity index (χ4v) is 3.95. The van der Waals surface area contributed by atoms with Crippen LogP contribution in [-0.4, -0.2) is 41.8 Å². The lowest BCUT2D eigenvalue weighted by Crippen LogP contribution is -2.49. The third kappa shape index (κ3) is 15.1. The number of unbranched alkanes of at least 4 members (excludes halogenated alkanes) is 12. The SMILES string of the molecule is CCCCCCCC/C=C\CCCCCCCC[N+](CC)(CCl)CCO. The molecule has 0 heterocycles. The van der Waals surface area contributed by atoms with Crippen LogP contribution in [0, 0.1) is 0 Å². The molecule has 0 rings (SSSR count). The minimum absolute atomic E-state index is 0.243. The average Bonchev–Trinajstić information content (AvgIpc) is 2.66. The third-order valence-corrected chi connectivity index (χ3v) is 6.15. The van der Waals surface area contributed by atoms with Crippen LogP contribution < -0.4 is 0 Å². The van der Waals surface area contributed by atoms with Crippen molar-refractivity contribution < 1.29 is 9.59 Å². The number of hydrogen-bond acceptors (Lipinski definition) is 1. The van der Waals surface area contributed by atoms with Crippen molar-refractivity contribution in [1.29, 1.82) is 0 Å². The lowest BCUT2D eigenvalue weighted by Gasteiger charge is -2.35. The molecule has 0 aromatic heterocycles. The third-order valence-electron chi connectivity index (χ3n) is 5.64. The van der Waals surface area contributed by atoms with Gasteiger partial charge in [0.05, 0.1) is 19.7 Å². The first-order chi connectivity index (χ1) is 12.7. The molecule has 0 aromatic carbocycles. The van der Waals surface area contributed by atoms with Crippen LogP contribution in [0.25, 0.3) is 0 Å².